The van der Waals surface area contributed by atoms with Crippen LogP contribution in [0.5, 0.6) is 0 Å². The van der Waals surface area contributed by atoms with Gasteiger partial charge < -0.3 is 14.9 Å². The number of piperidine rings is 1. The number of aromatic nitrogens is 2. The number of hydrogen-bond acceptors (Lipinski definition) is 5. The average Bonchev–Trinajstić information content (AvgIpc) is 2.93. The highest BCUT2D eigenvalue weighted by Gasteiger charge is 2.31. The third kappa shape index (κ3) is 2.55. The number of para-hydroxylation sites is 1. The summed E-state index contributed by atoms with van der Waals surface area (Å²) in [6.45, 7) is 1.97. The van der Waals surface area contributed by atoms with E-state index in [0.717, 1.165) is 37.3 Å². The average molecular weight is 310 g/mol. The summed E-state index contributed by atoms with van der Waals surface area (Å²) in [7, 11) is 0. The molecule has 1 N–H and O–H groups in total. The zero-order chi connectivity index (χ0) is 15.8. The predicted molar refractivity (Wildman–Crippen MR) is 86.4 cm³/mol. The molecule has 1 aromatic heterocycles. The number of hydrogen-bond donors (Lipinski definition) is 1. The number of benzene rings is 1. The molecule has 0 bridgehead atoms. The molecule has 118 valence electrons. The summed E-state index contributed by atoms with van der Waals surface area (Å²) in [6, 6.07) is 9.61. The first-order valence-electron chi connectivity index (χ1n) is 7.88. The first-order valence-corrected chi connectivity index (χ1v) is 7.88. The number of nitrogens with zero attached hydrogens (tertiary/aromatic N) is 4. The molecule has 23 heavy (non-hydrogen) atoms. The van der Waals surface area contributed by atoms with E-state index in [1.54, 1.807) is 11.1 Å². The minimum absolute atomic E-state index is 0.0492. The topological polar surface area (TPSA) is 69.6 Å². The van der Waals surface area contributed by atoms with Crippen molar-refractivity contribution in [3.63, 3.8) is 0 Å². The molecule has 0 aliphatic carbocycles. The Balaban J connectivity index is 1.59. The van der Waals surface area contributed by atoms with E-state index < -0.39 is 0 Å². The molecular formula is C17H18N4O2. The fraction of sp³-hybridized carbons (Fsp3) is 0.353. The molecule has 6 heteroatoms. The molecule has 1 fully saturated rings. The lowest BCUT2D eigenvalue weighted by Gasteiger charge is -2.29. The maximum atomic E-state index is 12.5. The van der Waals surface area contributed by atoms with Crippen molar-refractivity contribution in [2.24, 2.45) is 0 Å². The van der Waals surface area contributed by atoms with Gasteiger partial charge in [-0.15, -0.1) is 0 Å². The number of amides is 1. The van der Waals surface area contributed by atoms with Gasteiger partial charge in [-0.25, -0.2) is 9.97 Å². The molecule has 1 saturated heterocycles. The maximum absolute atomic E-state index is 12.5. The standard InChI is InChI=1S/C17H18N4O2/c22-13-6-8-20(9-7-13)17-18-10-14-15(19-17)11-21(16(14)23)12-4-2-1-3-5-12/h1-5,10,13,22H,6-9,11H2. The van der Waals surface area contributed by atoms with Gasteiger partial charge in [0, 0.05) is 25.0 Å². The quantitative estimate of drug-likeness (QED) is 0.912. The van der Waals surface area contributed by atoms with Crippen LogP contribution in [-0.4, -0.2) is 40.2 Å². The van der Waals surface area contributed by atoms with Crippen LogP contribution in [0.25, 0.3) is 0 Å². The molecule has 0 unspecified atom stereocenters. The summed E-state index contributed by atoms with van der Waals surface area (Å²) in [5.74, 6) is 0.602. The highest BCUT2D eigenvalue weighted by atomic mass is 16.3. The SMILES string of the molecule is O=C1c2cnc(N3CCC(O)CC3)nc2CN1c1ccccc1. The van der Waals surface area contributed by atoms with Crippen molar-refractivity contribution >= 4 is 17.5 Å². The van der Waals surface area contributed by atoms with Crippen molar-refractivity contribution in [1.29, 1.82) is 0 Å². The van der Waals surface area contributed by atoms with Gasteiger partial charge in [0.05, 0.1) is 23.9 Å². The molecule has 0 radical (unpaired) electrons. The molecule has 1 amide bonds. The summed E-state index contributed by atoms with van der Waals surface area (Å²) >= 11 is 0. The predicted octanol–water partition coefficient (Wildman–Crippen LogP) is 1.60. The van der Waals surface area contributed by atoms with Crippen LogP contribution < -0.4 is 9.80 Å². The fourth-order valence-electron chi connectivity index (χ4n) is 3.11. The van der Waals surface area contributed by atoms with Crippen molar-refractivity contribution in [2.75, 3.05) is 22.9 Å². The van der Waals surface area contributed by atoms with Gasteiger partial charge in [-0.1, -0.05) is 18.2 Å². The first kappa shape index (κ1) is 14.1. The second-order valence-corrected chi connectivity index (χ2v) is 5.98. The van der Waals surface area contributed by atoms with Crippen molar-refractivity contribution in [2.45, 2.75) is 25.5 Å². The lowest BCUT2D eigenvalue weighted by Crippen LogP contribution is -2.37. The number of fused-ring (bicyclic) bond motifs is 1. The summed E-state index contributed by atoms with van der Waals surface area (Å²) in [4.78, 5) is 25.3. The van der Waals surface area contributed by atoms with Gasteiger partial charge in [-0.05, 0) is 25.0 Å². The second kappa shape index (κ2) is 5.62. The van der Waals surface area contributed by atoms with Gasteiger partial charge in [-0.2, -0.15) is 0 Å². The van der Waals surface area contributed by atoms with Gasteiger partial charge in [0.15, 0.2) is 0 Å². The molecule has 2 aliphatic rings. The van der Waals surface area contributed by atoms with E-state index in [9.17, 15) is 9.90 Å². The highest BCUT2D eigenvalue weighted by Crippen LogP contribution is 2.28. The summed E-state index contributed by atoms with van der Waals surface area (Å²) in [6.07, 6.45) is 2.87. The smallest absolute Gasteiger partial charge is 0.262 e. The Hall–Kier alpha value is -2.47. The number of aliphatic hydroxyl groups is 1. The Morgan fingerprint density at radius 1 is 1.13 bits per heavy atom. The normalized spacial score (nSPS) is 18.4. The minimum Gasteiger partial charge on any atom is -0.393 e. The highest BCUT2D eigenvalue weighted by molar-refractivity contribution is 6.09. The Morgan fingerprint density at radius 3 is 2.61 bits per heavy atom. The van der Waals surface area contributed by atoms with E-state index in [-0.39, 0.29) is 12.0 Å². The summed E-state index contributed by atoms with van der Waals surface area (Å²) < 4.78 is 0. The largest absolute Gasteiger partial charge is 0.393 e. The monoisotopic (exact) mass is 310 g/mol. The van der Waals surface area contributed by atoms with Crippen molar-refractivity contribution in [3.05, 3.63) is 47.8 Å². The van der Waals surface area contributed by atoms with E-state index in [1.807, 2.05) is 30.3 Å². The number of aliphatic hydroxyl groups excluding tert-OH is 1. The minimum atomic E-state index is -0.226. The number of rotatable bonds is 2. The number of carbonyl (C=O) groups excluding carboxylic acids is 1. The van der Waals surface area contributed by atoms with Gasteiger partial charge >= 0.3 is 0 Å². The van der Waals surface area contributed by atoms with E-state index in [2.05, 4.69) is 14.9 Å². The van der Waals surface area contributed by atoms with E-state index >= 15 is 0 Å². The lowest BCUT2D eigenvalue weighted by molar-refractivity contribution is 0.0996. The number of carbonyl (C=O) groups is 1. The molecule has 3 heterocycles. The van der Waals surface area contributed by atoms with Gasteiger partial charge in [0.1, 0.15) is 0 Å². The van der Waals surface area contributed by atoms with Crippen LogP contribution in [0.2, 0.25) is 0 Å². The fourth-order valence-corrected chi connectivity index (χ4v) is 3.11. The summed E-state index contributed by atoms with van der Waals surface area (Å²) in [5.41, 5.74) is 2.22. The van der Waals surface area contributed by atoms with Crippen LogP contribution in [0.1, 0.15) is 28.9 Å². The molecule has 6 nitrogen and oxygen atoms in total. The van der Waals surface area contributed by atoms with Crippen molar-refractivity contribution in [1.82, 2.24) is 9.97 Å². The number of anilines is 2. The Kier molecular flexibility index (Phi) is 3.46. The maximum Gasteiger partial charge on any atom is 0.262 e. The van der Waals surface area contributed by atoms with Crippen LogP contribution in [0, 0.1) is 0 Å². The Morgan fingerprint density at radius 2 is 1.87 bits per heavy atom. The van der Waals surface area contributed by atoms with Crippen LogP contribution >= 0.6 is 0 Å². The zero-order valence-corrected chi connectivity index (χ0v) is 12.7. The van der Waals surface area contributed by atoms with Crippen LogP contribution in [0.3, 0.4) is 0 Å². The van der Waals surface area contributed by atoms with Crippen LogP contribution in [0.4, 0.5) is 11.6 Å². The van der Waals surface area contributed by atoms with E-state index in [0.29, 0.717) is 18.1 Å². The molecule has 2 aliphatic heterocycles. The first-order chi connectivity index (χ1) is 11.2. The third-order valence-corrected chi connectivity index (χ3v) is 4.45. The molecule has 2 aromatic rings. The Labute approximate surface area is 134 Å². The van der Waals surface area contributed by atoms with Crippen molar-refractivity contribution < 1.29 is 9.90 Å². The second-order valence-electron chi connectivity index (χ2n) is 5.98. The van der Waals surface area contributed by atoms with Gasteiger partial charge in [0.2, 0.25) is 5.95 Å². The molecule has 0 saturated carbocycles. The summed E-state index contributed by atoms with van der Waals surface area (Å²) in [5, 5.41) is 9.61. The van der Waals surface area contributed by atoms with Crippen LogP contribution in [0.15, 0.2) is 36.5 Å². The zero-order valence-electron chi connectivity index (χ0n) is 12.7. The van der Waals surface area contributed by atoms with E-state index in [1.165, 1.54) is 0 Å². The van der Waals surface area contributed by atoms with Gasteiger partial charge in [-0.3, -0.25) is 4.79 Å². The van der Waals surface area contributed by atoms with E-state index in [4.69, 9.17) is 0 Å². The molecule has 0 atom stereocenters. The molecular weight excluding hydrogens is 292 g/mol. The van der Waals surface area contributed by atoms with Gasteiger partial charge in [0.25, 0.3) is 5.91 Å². The lowest BCUT2D eigenvalue weighted by atomic mass is 10.1. The molecule has 4 rings (SSSR count). The van der Waals surface area contributed by atoms with Crippen molar-refractivity contribution in [3.8, 4) is 0 Å². The Bertz CT molecular complexity index is 727. The third-order valence-electron chi connectivity index (χ3n) is 4.45. The van der Waals surface area contributed by atoms with Crippen LogP contribution in [-0.2, 0) is 6.54 Å². The molecule has 0 spiro atoms. The molecule has 1 aromatic carbocycles.